The maximum Gasteiger partial charge on any atom is 0.321 e. The summed E-state index contributed by atoms with van der Waals surface area (Å²) in [5, 5.41) is 8.76. The highest BCUT2D eigenvalue weighted by Gasteiger charge is 2.22. The molecule has 0 radical (unpaired) electrons. The Morgan fingerprint density at radius 2 is 1.94 bits per heavy atom. The van der Waals surface area contributed by atoms with Crippen molar-refractivity contribution in [1.82, 2.24) is 4.72 Å². The van der Waals surface area contributed by atoms with Crippen LogP contribution >= 0.6 is 0 Å². The van der Waals surface area contributed by atoms with Crippen LogP contribution in [0.15, 0.2) is 24.3 Å². The number of hydrogen-bond acceptors (Lipinski definition) is 3. The molecule has 0 saturated heterocycles. The van der Waals surface area contributed by atoms with Gasteiger partial charge >= 0.3 is 5.97 Å². The summed E-state index contributed by atoms with van der Waals surface area (Å²) in [5.41, 5.74) is 0.393. The molecular formula is C11H14FNO4S. The van der Waals surface area contributed by atoms with E-state index in [-0.39, 0.29) is 12.2 Å². The van der Waals surface area contributed by atoms with E-state index in [0.29, 0.717) is 5.56 Å². The fraction of sp³-hybridized carbons (Fsp3) is 0.364. The molecule has 1 atom stereocenters. The molecule has 7 heteroatoms. The largest absolute Gasteiger partial charge is 0.480 e. The molecule has 0 saturated carbocycles. The third-order valence-corrected chi connectivity index (χ3v) is 3.66. The molecule has 2 N–H and O–H groups in total. The molecule has 1 rings (SSSR count). The van der Waals surface area contributed by atoms with Crippen LogP contribution in [0.3, 0.4) is 0 Å². The summed E-state index contributed by atoms with van der Waals surface area (Å²) in [6.07, 6.45) is 0.151. The van der Waals surface area contributed by atoms with Crippen LogP contribution in [-0.2, 0) is 20.6 Å². The molecule has 0 heterocycles. The number of rotatable bonds is 6. The lowest BCUT2D eigenvalue weighted by molar-refractivity contribution is -0.139. The highest BCUT2D eigenvalue weighted by Crippen LogP contribution is 2.07. The van der Waals surface area contributed by atoms with Gasteiger partial charge in [0.05, 0.1) is 5.75 Å². The van der Waals surface area contributed by atoms with Crippen LogP contribution in [0.1, 0.15) is 18.9 Å². The number of nitrogens with one attached hydrogen (secondary N) is 1. The van der Waals surface area contributed by atoms with Gasteiger partial charge in [0.2, 0.25) is 10.0 Å². The highest BCUT2D eigenvalue weighted by molar-refractivity contribution is 7.88. The topological polar surface area (TPSA) is 83.5 Å². The predicted octanol–water partition coefficient (Wildman–Crippen LogP) is 1.11. The number of halogens is 1. The van der Waals surface area contributed by atoms with Crippen molar-refractivity contribution in [3.8, 4) is 0 Å². The van der Waals surface area contributed by atoms with Crippen LogP contribution in [0.4, 0.5) is 4.39 Å². The Morgan fingerprint density at radius 1 is 1.39 bits per heavy atom. The maximum atomic E-state index is 12.6. The monoisotopic (exact) mass is 275 g/mol. The van der Waals surface area contributed by atoms with Crippen molar-refractivity contribution in [2.45, 2.75) is 25.1 Å². The van der Waals surface area contributed by atoms with Crippen molar-refractivity contribution in [3.63, 3.8) is 0 Å². The second-order valence-electron chi connectivity index (χ2n) is 3.80. The van der Waals surface area contributed by atoms with Crippen molar-refractivity contribution in [3.05, 3.63) is 35.6 Å². The summed E-state index contributed by atoms with van der Waals surface area (Å²) in [5.74, 6) is -2.06. The average Bonchev–Trinajstić information content (AvgIpc) is 2.28. The van der Waals surface area contributed by atoms with Crippen molar-refractivity contribution < 1.29 is 22.7 Å². The standard InChI is InChI=1S/C11H14FNO4S/c1-2-10(11(14)15)13-18(16,17)7-8-3-5-9(12)6-4-8/h3-6,10,13H,2,7H2,1H3,(H,14,15). The molecule has 0 spiro atoms. The van der Waals surface area contributed by atoms with Gasteiger partial charge in [0.1, 0.15) is 11.9 Å². The first kappa shape index (κ1) is 14.6. The van der Waals surface area contributed by atoms with E-state index in [1.165, 1.54) is 12.1 Å². The van der Waals surface area contributed by atoms with Gasteiger partial charge < -0.3 is 5.11 Å². The molecule has 1 unspecified atom stereocenters. The summed E-state index contributed by atoms with van der Waals surface area (Å²) in [4.78, 5) is 10.7. The van der Waals surface area contributed by atoms with E-state index < -0.39 is 27.9 Å². The molecule has 5 nitrogen and oxygen atoms in total. The smallest absolute Gasteiger partial charge is 0.321 e. The van der Waals surface area contributed by atoms with Gasteiger partial charge in [0.15, 0.2) is 0 Å². The van der Waals surface area contributed by atoms with Gasteiger partial charge in [-0.15, -0.1) is 0 Å². The number of hydrogen-bond donors (Lipinski definition) is 2. The predicted molar refractivity (Wildman–Crippen MR) is 63.9 cm³/mol. The van der Waals surface area contributed by atoms with Crippen LogP contribution in [0, 0.1) is 5.82 Å². The SMILES string of the molecule is CCC(NS(=O)(=O)Cc1ccc(F)cc1)C(=O)O. The van der Waals surface area contributed by atoms with Crippen LogP contribution in [0.25, 0.3) is 0 Å². The quantitative estimate of drug-likeness (QED) is 0.814. The highest BCUT2D eigenvalue weighted by atomic mass is 32.2. The summed E-state index contributed by atoms with van der Waals surface area (Å²) in [6.45, 7) is 1.57. The Morgan fingerprint density at radius 3 is 2.39 bits per heavy atom. The van der Waals surface area contributed by atoms with Crippen LogP contribution in [-0.4, -0.2) is 25.5 Å². The van der Waals surface area contributed by atoms with Crippen molar-refractivity contribution in [2.75, 3.05) is 0 Å². The normalized spacial score (nSPS) is 13.2. The van der Waals surface area contributed by atoms with Crippen molar-refractivity contribution >= 4 is 16.0 Å². The summed E-state index contributed by atoms with van der Waals surface area (Å²) in [6, 6.07) is 3.85. The molecule has 100 valence electrons. The molecule has 1 aromatic carbocycles. The third kappa shape index (κ3) is 4.42. The van der Waals surface area contributed by atoms with Crippen molar-refractivity contribution in [1.29, 1.82) is 0 Å². The lowest BCUT2D eigenvalue weighted by Gasteiger charge is -2.12. The van der Waals surface area contributed by atoms with E-state index in [4.69, 9.17) is 5.11 Å². The Kier molecular flexibility index (Phi) is 4.80. The molecule has 0 aliphatic heterocycles. The third-order valence-electron chi connectivity index (χ3n) is 2.30. The second kappa shape index (κ2) is 5.92. The van der Waals surface area contributed by atoms with Gasteiger partial charge in [0, 0.05) is 0 Å². The summed E-state index contributed by atoms with van der Waals surface area (Å²) >= 11 is 0. The first-order valence-electron chi connectivity index (χ1n) is 5.31. The minimum atomic E-state index is -3.76. The minimum Gasteiger partial charge on any atom is -0.480 e. The molecule has 0 aliphatic rings. The first-order valence-corrected chi connectivity index (χ1v) is 6.96. The summed E-state index contributed by atoms with van der Waals surface area (Å²) < 4.78 is 38.1. The minimum absolute atomic E-state index is 0.151. The molecule has 1 aromatic rings. The zero-order chi connectivity index (χ0) is 13.8. The van der Waals surface area contributed by atoms with E-state index in [1.54, 1.807) is 6.92 Å². The molecule has 0 fully saturated rings. The number of carboxylic acid groups (broad SMARTS) is 1. The molecule has 0 aliphatic carbocycles. The molecule has 0 aromatic heterocycles. The van der Waals surface area contributed by atoms with E-state index in [1.807, 2.05) is 0 Å². The Balaban J connectivity index is 2.76. The van der Waals surface area contributed by atoms with Gasteiger partial charge in [-0.1, -0.05) is 19.1 Å². The number of sulfonamides is 1. The fourth-order valence-electron chi connectivity index (χ4n) is 1.37. The average molecular weight is 275 g/mol. The van der Waals surface area contributed by atoms with E-state index in [2.05, 4.69) is 4.72 Å². The number of benzene rings is 1. The van der Waals surface area contributed by atoms with E-state index >= 15 is 0 Å². The number of carboxylic acids is 1. The number of carbonyl (C=O) groups is 1. The Labute approximate surface area is 105 Å². The maximum absolute atomic E-state index is 12.6. The zero-order valence-corrected chi connectivity index (χ0v) is 10.6. The molecular weight excluding hydrogens is 261 g/mol. The summed E-state index contributed by atoms with van der Waals surface area (Å²) in [7, 11) is -3.76. The van der Waals surface area contributed by atoms with E-state index in [0.717, 1.165) is 12.1 Å². The Hall–Kier alpha value is -1.47. The number of aliphatic carboxylic acids is 1. The lowest BCUT2D eigenvalue weighted by atomic mass is 10.2. The Bertz CT molecular complexity index is 512. The van der Waals surface area contributed by atoms with Gasteiger partial charge in [-0.05, 0) is 24.1 Å². The molecule has 0 bridgehead atoms. The van der Waals surface area contributed by atoms with E-state index in [9.17, 15) is 17.6 Å². The van der Waals surface area contributed by atoms with Crippen molar-refractivity contribution in [2.24, 2.45) is 0 Å². The second-order valence-corrected chi connectivity index (χ2v) is 5.56. The van der Waals surface area contributed by atoms with Crippen LogP contribution in [0.2, 0.25) is 0 Å². The van der Waals surface area contributed by atoms with Gasteiger partial charge in [0.25, 0.3) is 0 Å². The van der Waals surface area contributed by atoms with Gasteiger partial charge in [-0.3, -0.25) is 4.79 Å². The van der Waals surface area contributed by atoms with Crippen LogP contribution < -0.4 is 4.72 Å². The van der Waals surface area contributed by atoms with Gasteiger partial charge in [-0.2, -0.15) is 0 Å². The zero-order valence-electron chi connectivity index (χ0n) is 9.76. The fourth-order valence-corrected chi connectivity index (χ4v) is 2.78. The lowest BCUT2D eigenvalue weighted by Crippen LogP contribution is -2.40. The first-order chi connectivity index (χ1) is 8.34. The molecule has 0 amide bonds. The van der Waals surface area contributed by atoms with Gasteiger partial charge in [-0.25, -0.2) is 17.5 Å². The molecule has 18 heavy (non-hydrogen) atoms. The van der Waals surface area contributed by atoms with Crippen LogP contribution in [0.5, 0.6) is 0 Å².